The first kappa shape index (κ1) is 15.5. The van der Waals surface area contributed by atoms with Crippen molar-refractivity contribution in [3.63, 3.8) is 0 Å². The van der Waals surface area contributed by atoms with Crippen LogP contribution in [0.1, 0.15) is 23.1 Å². The van der Waals surface area contributed by atoms with Gasteiger partial charge in [-0.2, -0.15) is 0 Å². The summed E-state index contributed by atoms with van der Waals surface area (Å²) in [6.07, 6.45) is 1.07. The summed E-state index contributed by atoms with van der Waals surface area (Å²) in [7, 11) is 0. The molecule has 2 rings (SSSR count). The number of nitrogens with zero attached hydrogens (tertiary/aromatic N) is 2. The number of carbonyl (C=O) groups excluding carboxylic acids is 1. The molecule has 1 saturated heterocycles. The molecule has 1 N–H and O–H groups in total. The Morgan fingerprint density at radius 1 is 1.35 bits per heavy atom. The van der Waals surface area contributed by atoms with Crippen LogP contribution in [0.25, 0.3) is 0 Å². The van der Waals surface area contributed by atoms with Crippen molar-refractivity contribution in [1.82, 2.24) is 9.80 Å². The van der Waals surface area contributed by atoms with Gasteiger partial charge in [0.2, 0.25) is 5.91 Å². The molecule has 0 saturated carbocycles. The number of piperazine rings is 1. The molecule has 1 atom stereocenters. The van der Waals surface area contributed by atoms with E-state index in [9.17, 15) is 9.90 Å². The molecule has 1 aromatic heterocycles. The van der Waals surface area contributed by atoms with Crippen LogP contribution in [0.5, 0.6) is 0 Å². The van der Waals surface area contributed by atoms with E-state index in [2.05, 4.69) is 17.9 Å². The standard InChI is InChI=1S/C15H24N2O2S/c1-3-13(18)11-16-6-8-17(9-7-16)15(19)10-14-5-4-12(2)20-14/h4-5,13,18H,3,6-11H2,1-2H3/t13-/m1/s1. The molecule has 0 aliphatic carbocycles. The van der Waals surface area contributed by atoms with Crippen molar-refractivity contribution in [3.05, 3.63) is 21.9 Å². The molecule has 0 aromatic carbocycles. The molecule has 1 aliphatic rings. The molecular formula is C15H24N2O2S. The predicted molar refractivity (Wildman–Crippen MR) is 82.1 cm³/mol. The molecule has 0 bridgehead atoms. The molecule has 1 aliphatic heterocycles. The molecule has 0 unspecified atom stereocenters. The minimum atomic E-state index is -0.244. The summed E-state index contributed by atoms with van der Waals surface area (Å²) < 4.78 is 0. The molecular weight excluding hydrogens is 272 g/mol. The summed E-state index contributed by atoms with van der Waals surface area (Å²) in [6.45, 7) is 8.07. The van der Waals surface area contributed by atoms with E-state index >= 15 is 0 Å². The van der Waals surface area contributed by atoms with Crippen molar-refractivity contribution in [2.45, 2.75) is 32.8 Å². The van der Waals surface area contributed by atoms with Crippen molar-refractivity contribution < 1.29 is 9.90 Å². The Labute approximate surface area is 125 Å². The Bertz CT molecular complexity index is 439. The number of rotatable bonds is 5. The van der Waals surface area contributed by atoms with E-state index in [4.69, 9.17) is 0 Å². The van der Waals surface area contributed by atoms with Crippen LogP contribution in [-0.4, -0.2) is 59.6 Å². The summed E-state index contributed by atoms with van der Waals surface area (Å²) in [5.74, 6) is 0.225. The lowest BCUT2D eigenvalue weighted by Gasteiger charge is -2.35. The first-order valence-electron chi connectivity index (χ1n) is 7.32. The molecule has 1 fully saturated rings. The number of aliphatic hydroxyl groups excluding tert-OH is 1. The van der Waals surface area contributed by atoms with Crippen LogP contribution < -0.4 is 0 Å². The lowest BCUT2D eigenvalue weighted by molar-refractivity contribution is -0.132. The van der Waals surface area contributed by atoms with Gasteiger partial charge in [0.25, 0.3) is 0 Å². The Hall–Kier alpha value is -0.910. The van der Waals surface area contributed by atoms with Crippen LogP contribution in [-0.2, 0) is 11.2 Å². The SMILES string of the molecule is CC[C@@H](O)CN1CCN(C(=O)Cc2ccc(C)s2)CC1. The Kier molecular flexibility index (Phi) is 5.57. The second kappa shape index (κ2) is 7.20. The van der Waals surface area contributed by atoms with E-state index in [0.29, 0.717) is 6.42 Å². The van der Waals surface area contributed by atoms with Crippen molar-refractivity contribution in [2.24, 2.45) is 0 Å². The summed E-state index contributed by atoms with van der Waals surface area (Å²) in [5.41, 5.74) is 0. The van der Waals surface area contributed by atoms with E-state index < -0.39 is 0 Å². The molecule has 1 aromatic rings. The van der Waals surface area contributed by atoms with Crippen LogP contribution in [0, 0.1) is 6.92 Å². The van der Waals surface area contributed by atoms with Crippen LogP contribution in [0.15, 0.2) is 12.1 Å². The molecule has 2 heterocycles. The number of thiophene rings is 1. The first-order valence-corrected chi connectivity index (χ1v) is 8.13. The van der Waals surface area contributed by atoms with E-state index in [1.165, 1.54) is 4.88 Å². The number of aryl methyl sites for hydroxylation is 1. The average Bonchev–Trinajstić information content (AvgIpc) is 2.84. The summed E-state index contributed by atoms with van der Waals surface area (Å²) in [6, 6.07) is 4.11. The highest BCUT2D eigenvalue weighted by atomic mass is 32.1. The largest absolute Gasteiger partial charge is 0.392 e. The van der Waals surface area contributed by atoms with Gasteiger partial charge in [0, 0.05) is 42.5 Å². The maximum absolute atomic E-state index is 12.2. The van der Waals surface area contributed by atoms with Crippen molar-refractivity contribution in [2.75, 3.05) is 32.7 Å². The van der Waals surface area contributed by atoms with Gasteiger partial charge in [0.15, 0.2) is 0 Å². The maximum atomic E-state index is 12.2. The third-order valence-electron chi connectivity index (χ3n) is 3.79. The first-order chi connectivity index (χ1) is 9.58. The highest BCUT2D eigenvalue weighted by molar-refractivity contribution is 7.12. The summed E-state index contributed by atoms with van der Waals surface area (Å²) >= 11 is 1.70. The smallest absolute Gasteiger partial charge is 0.227 e. The van der Waals surface area contributed by atoms with Gasteiger partial charge in [-0.25, -0.2) is 0 Å². The Morgan fingerprint density at radius 2 is 2.05 bits per heavy atom. The molecule has 4 nitrogen and oxygen atoms in total. The fraction of sp³-hybridized carbons (Fsp3) is 0.667. The fourth-order valence-electron chi connectivity index (χ4n) is 2.45. The predicted octanol–water partition coefficient (Wildman–Crippen LogP) is 1.51. The third-order valence-corrected chi connectivity index (χ3v) is 4.79. The van der Waals surface area contributed by atoms with Crippen molar-refractivity contribution in [3.8, 4) is 0 Å². The zero-order valence-corrected chi connectivity index (χ0v) is 13.2. The van der Waals surface area contributed by atoms with Gasteiger partial charge in [0.05, 0.1) is 12.5 Å². The van der Waals surface area contributed by atoms with Gasteiger partial charge >= 0.3 is 0 Å². The molecule has 5 heteroatoms. The highest BCUT2D eigenvalue weighted by Crippen LogP contribution is 2.17. The normalized spacial score (nSPS) is 18.2. The van der Waals surface area contributed by atoms with Crippen LogP contribution in [0.4, 0.5) is 0 Å². The highest BCUT2D eigenvalue weighted by Gasteiger charge is 2.22. The number of aliphatic hydroxyl groups is 1. The summed E-state index contributed by atoms with van der Waals surface area (Å²) in [5, 5.41) is 9.66. The number of β-amino-alcohol motifs (C(OH)–C–C–N with tert-alkyl or cyclic N) is 1. The van der Waals surface area contributed by atoms with E-state index in [1.54, 1.807) is 11.3 Å². The quantitative estimate of drug-likeness (QED) is 0.896. The zero-order valence-electron chi connectivity index (χ0n) is 12.3. The van der Waals surface area contributed by atoms with Crippen LogP contribution in [0.3, 0.4) is 0 Å². The summed E-state index contributed by atoms with van der Waals surface area (Å²) in [4.78, 5) is 18.8. The van der Waals surface area contributed by atoms with Gasteiger partial charge in [0.1, 0.15) is 0 Å². The maximum Gasteiger partial charge on any atom is 0.227 e. The van der Waals surface area contributed by atoms with E-state index in [1.807, 2.05) is 17.9 Å². The lowest BCUT2D eigenvalue weighted by atomic mass is 10.2. The average molecular weight is 296 g/mol. The second-order valence-electron chi connectivity index (χ2n) is 5.43. The number of hydrogen-bond donors (Lipinski definition) is 1. The minimum Gasteiger partial charge on any atom is -0.392 e. The van der Waals surface area contributed by atoms with Gasteiger partial charge in [-0.1, -0.05) is 6.92 Å². The topological polar surface area (TPSA) is 43.8 Å². The molecule has 0 radical (unpaired) electrons. The minimum absolute atomic E-state index is 0.225. The number of carbonyl (C=O) groups is 1. The molecule has 1 amide bonds. The van der Waals surface area contributed by atoms with Crippen molar-refractivity contribution in [1.29, 1.82) is 0 Å². The van der Waals surface area contributed by atoms with Gasteiger partial charge in [-0.15, -0.1) is 11.3 Å². The number of hydrogen-bond acceptors (Lipinski definition) is 4. The van der Waals surface area contributed by atoms with E-state index in [-0.39, 0.29) is 12.0 Å². The number of amides is 1. The third kappa shape index (κ3) is 4.30. The van der Waals surface area contributed by atoms with Crippen LogP contribution in [0.2, 0.25) is 0 Å². The zero-order chi connectivity index (χ0) is 14.5. The van der Waals surface area contributed by atoms with E-state index in [0.717, 1.165) is 44.0 Å². The Balaban J connectivity index is 1.77. The fourth-order valence-corrected chi connectivity index (χ4v) is 3.33. The van der Waals surface area contributed by atoms with Gasteiger partial charge < -0.3 is 10.0 Å². The molecule has 20 heavy (non-hydrogen) atoms. The van der Waals surface area contributed by atoms with Crippen molar-refractivity contribution >= 4 is 17.2 Å². The van der Waals surface area contributed by atoms with Crippen LogP contribution >= 0.6 is 11.3 Å². The van der Waals surface area contributed by atoms with Gasteiger partial charge in [-0.05, 0) is 25.5 Å². The van der Waals surface area contributed by atoms with Gasteiger partial charge in [-0.3, -0.25) is 9.69 Å². The molecule has 0 spiro atoms. The Morgan fingerprint density at radius 3 is 2.60 bits per heavy atom. The second-order valence-corrected chi connectivity index (χ2v) is 6.81. The molecule has 112 valence electrons. The monoisotopic (exact) mass is 296 g/mol. The lowest BCUT2D eigenvalue weighted by Crippen LogP contribution is -2.50.